The predicted molar refractivity (Wildman–Crippen MR) is 81.4 cm³/mol. The number of rotatable bonds is 4. The van der Waals surface area contributed by atoms with Crippen molar-refractivity contribution < 1.29 is 9.59 Å². The zero-order chi connectivity index (χ0) is 15.2. The molecule has 0 atom stereocenters. The summed E-state index contributed by atoms with van der Waals surface area (Å²) in [5, 5.41) is 5.64. The second kappa shape index (κ2) is 6.85. The van der Waals surface area contributed by atoms with Crippen molar-refractivity contribution in [1.29, 1.82) is 0 Å². The van der Waals surface area contributed by atoms with Crippen molar-refractivity contribution in [2.75, 3.05) is 11.9 Å². The molecule has 0 aliphatic rings. The highest BCUT2D eigenvalue weighted by atomic mass is 35.5. The van der Waals surface area contributed by atoms with Gasteiger partial charge in [-0.1, -0.05) is 29.8 Å². The van der Waals surface area contributed by atoms with Gasteiger partial charge in [0.15, 0.2) is 0 Å². The van der Waals surface area contributed by atoms with Gasteiger partial charge in [-0.3, -0.25) is 14.6 Å². The molecule has 1 heterocycles. The fourth-order valence-electron chi connectivity index (χ4n) is 1.69. The molecule has 0 unspecified atom stereocenters. The Morgan fingerprint density at radius 1 is 1.24 bits per heavy atom. The zero-order valence-corrected chi connectivity index (χ0v) is 12.1. The van der Waals surface area contributed by atoms with Crippen LogP contribution in [0.5, 0.6) is 0 Å². The van der Waals surface area contributed by atoms with Gasteiger partial charge in [0.25, 0.3) is 5.91 Å². The molecule has 5 nitrogen and oxygen atoms in total. The summed E-state index contributed by atoms with van der Waals surface area (Å²) in [5.74, 6) is -0.753. The number of hydrogen-bond acceptors (Lipinski definition) is 3. The molecule has 0 saturated carbocycles. The van der Waals surface area contributed by atoms with Gasteiger partial charge in [0.1, 0.15) is 5.69 Å². The molecule has 0 saturated heterocycles. The second-order valence-electron chi connectivity index (χ2n) is 4.41. The Morgan fingerprint density at radius 3 is 2.71 bits per heavy atom. The van der Waals surface area contributed by atoms with Crippen molar-refractivity contribution in [3.8, 4) is 0 Å². The smallest absolute Gasteiger partial charge is 0.270 e. The molecule has 1 aromatic heterocycles. The van der Waals surface area contributed by atoms with Gasteiger partial charge in [-0.05, 0) is 30.7 Å². The third kappa shape index (κ3) is 4.29. The Bertz CT molecular complexity index is 673. The number of hydrogen-bond donors (Lipinski definition) is 2. The number of anilines is 1. The van der Waals surface area contributed by atoms with Crippen LogP contribution < -0.4 is 10.6 Å². The van der Waals surface area contributed by atoms with Gasteiger partial charge in [0, 0.05) is 16.9 Å². The first-order chi connectivity index (χ1) is 10.1. The number of pyridine rings is 1. The highest BCUT2D eigenvalue weighted by Crippen LogP contribution is 2.12. The maximum absolute atomic E-state index is 11.8. The highest BCUT2D eigenvalue weighted by molar-refractivity contribution is 6.30. The van der Waals surface area contributed by atoms with Gasteiger partial charge < -0.3 is 10.6 Å². The lowest BCUT2D eigenvalue weighted by Gasteiger charge is -2.08. The summed E-state index contributed by atoms with van der Waals surface area (Å²) in [7, 11) is 0. The van der Waals surface area contributed by atoms with Crippen LogP contribution in [-0.2, 0) is 4.79 Å². The Kier molecular flexibility index (Phi) is 4.90. The summed E-state index contributed by atoms with van der Waals surface area (Å²) in [4.78, 5) is 27.5. The van der Waals surface area contributed by atoms with Crippen LogP contribution in [0.15, 0.2) is 42.6 Å². The largest absolute Gasteiger partial charge is 0.342 e. The van der Waals surface area contributed by atoms with Gasteiger partial charge >= 0.3 is 0 Å². The first-order valence-electron chi connectivity index (χ1n) is 6.31. The minimum Gasteiger partial charge on any atom is -0.342 e. The number of amides is 2. The van der Waals surface area contributed by atoms with E-state index in [4.69, 9.17) is 11.6 Å². The number of carbonyl (C=O) groups excluding carboxylic acids is 2. The lowest BCUT2D eigenvalue weighted by atomic mass is 10.2. The second-order valence-corrected chi connectivity index (χ2v) is 4.84. The number of nitrogens with zero attached hydrogens (tertiary/aromatic N) is 1. The van der Waals surface area contributed by atoms with Crippen LogP contribution in [0.4, 0.5) is 5.69 Å². The van der Waals surface area contributed by atoms with E-state index in [9.17, 15) is 9.59 Å². The van der Waals surface area contributed by atoms with Crippen molar-refractivity contribution in [2.24, 2.45) is 0 Å². The predicted octanol–water partition coefficient (Wildman–Crippen LogP) is 2.41. The topological polar surface area (TPSA) is 71.1 Å². The summed E-state index contributed by atoms with van der Waals surface area (Å²) >= 11 is 5.78. The lowest BCUT2D eigenvalue weighted by molar-refractivity contribution is -0.115. The van der Waals surface area contributed by atoms with Gasteiger partial charge in [-0.2, -0.15) is 0 Å². The standard InChI is InChI=1S/C15H14ClN3O2/c1-10-4-2-3-5-12(10)19-14(20)9-18-15(21)13-8-11(16)6-7-17-13/h2-8H,9H2,1H3,(H,18,21)(H,19,20). The van der Waals surface area contributed by atoms with E-state index in [1.54, 1.807) is 12.1 Å². The van der Waals surface area contributed by atoms with E-state index in [0.717, 1.165) is 11.3 Å². The van der Waals surface area contributed by atoms with Gasteiger partial charge in [0.05, 0.1) is 6.54 Å². The summed E-state index contributed by atoms with van der Waals surface area (Å²) in [6, 6.07) is 10.4. The number of carbonyl (C=O) groups is 2. The average molecular weight is 304 g/mol. The molecule has 1 aromatic carbocycles. The molecule has 0 aliphatic carbocycles. The normalized spacial score (nSPS) is 10.0. The zero-order valence-electron chi connectivity index (χ0n) is 11.4. The van der Waals surface area contributed by atoms with E-state index in [-0.39, 0.29) is 18.1 Å². The molecule has 2 rings (SSSR count). The molecule has 0 bridgehead atoms. The van der Waals surface area contributed by atoms with Crippen molar-refractivity contribution in [3.05, 3.63) is 58.9 Å². The van der Waals surface area contributed by atoms with Crippen molar-refractivity contribution in [1.82, 2.24) is 10.3 Å². The Morgan fingerprint density at radius 2 is 2.00 bits per heavy atom. The molecule has 108 valence electrons. The number of benzene rings is 1. The van der Waals surface area contributed by atoms with Crippen molar-refractivity contribution >= 4 is 29.1 Å². The van der Waals surface area contributed by atoms with Crippen molar-refractivity contribution in [3.63, 3.8) is 0 Å². The Balaban J connectivity index is 1.90. The molecular formula is C15H14ClN3O2. The van der Waals surface area contributed by atoms with E-state index < -0.39 is 5.91 Å². The maximum atomic E-state index is 11.8. The van der Waals surface area contributed by atoms with Crippen molar-refractivity contribution in [2.45, 2.75) is 6.92 Å². The lowest BCUT2D eigenvalue weighted by Crippen LogP contribution is -2.33. The maximum Gasteiger partial charge on any atom is 0.270 e. The molecule has 2 aromatic rings. The first kappa shape index (κ1) is 15.0. The van der Waals surface area contributed by atoms with Crippen LogP contribution in [0, 0.1) is 6.92 Å². The fraction of sp³-hybridized carbons (Fsp3) is 0.133. The Hall–Kier alpha value is -2.40. The van der Waals surface area contributed by atoms with Crippen LogP contribution in [0.25, 0.3) is 0 Å². The SMILES string of the molecule is Cc1ccccc1NC(=O)CNC(=O)c1cc(Cl)ccn1. The Labute approximate surface area is 127 Å². The summed E-state index contributed by atoms with van der Waals surface area (Å²) < 4.78 is 0. The first-order valence-corrected chi connectivity index (χ1v) is 6.69. The third-order valence-electron chi connectivity index (χ3n) is 2.78. The minimum absolute atomic E-state index is 0.138. The molecular weight excluding hydrogens is 290 g/mol. The van der Waals surface area contributed by atoms with E-state index in [1.165, 1.54) is 12.3 Å². The van der Waals surface area contributed by atoms with E-state index >= 15 is 0 Å². The molecule has 0 aliphatic heterocycles. The highest BCUT2D eigenvalue weighted by Gasteiger charge is 2.10. The van der Waals surface area contributed by atoms with Gasteiger partial charge in [0.2, 0.25) is 5.91 Å². The molecule has 0 spiro atoms. The molecule has 0 fully saturated rings. The summed E-state index contributed by atoms with van der Waals surface area (Å²) in [6.07, 6.45) is 1.44. The van der Waals surface area contributed by atoms with Crippen LogP contribution in [-0.4, -0.2) is 23.3 Å². The minimum atomic E-state index is -0.447. The van der Waals surface area contributed by atoms with Crippen LogP contribution in [0.2, 0.25) is 5.02 Å². The monoisotopic (exact) mass is 303 g/mol. The molecule has 21 heavy (non-hydrogen) atoms. The van der Waals surface area contributed by atoms with Gasteiger partial charge in [-0.25, -0.2) is 0 Å². The van der Waals surface area contributed by atoms with Gasteiger partial charge in [-0.15, -0.1) is 0 Å². The van der Waals surface area contributed by atoms with Crippen LogP contribution >= 0.6 is 11.6 Å². The summed E-state index contributed by atoms with van der Waals surface area (Å²) in [5.41, 5.74) is 1.84. The average Bonchev–Trinajstić information content (AvgIpc) is 2.47. The fourth-order valence-corrected chi connectivity index (χ4v) is 1.85. The van der Waals surface area contributed by atoms with Crippen LogP contribution in [0.3, 0.4) is 0 Å². The van der Waals surface area contributed by atoms with E-state index in [0.29, 0.717) is 5.02 Å². The number of aryl methyl sites for hydroxylation is 1. The number of halogens is 1. The molecule has 0 radical (unpaired) electrons. The summed E-state index contributed by atoms with van der Waals surface area (Å²) in [6.45, 7) is 1.76. The van der Waals surface area contributed by atoms with E-state index in [2.05, 4.69) is 15.6 Å². The molecule has 2 N–H and O–H groups in total. The molecule has 2 amide bonds. The van der Waals surface area contributed by atoms with E-state index in [1.807, 2.05) is 25.1 Å². The number of aromatic nitrogens is 1. The third-order valence-corrected chi connectivity index (χ3v) is 3.02. The quantitative estimate of drug-likeness (QED) is 0.911. The molecule has 6 heteroatoms. The van der Waals surface area contributed by atoms with Crippen LogP contribution in [0.1, 0.15) is 16.1 Å². The number of para-hydroxylation sites is 1. The number of nitrogens with one attached hydrogen (secondary N) is 2.